The van der Waals surface area contributed by atoms with Crippen molar-refractivity contribution in [3.05, 3.63) is 0 Å². The fourth-order valence-electron chi connectivity index (χ4n) is 4.22. The Hall–Kier alpha value is -0.400. The van der Waals surface area contributed by atoms with Gasteiger partial charge in [-0.2, -0.15) is 0 Å². The molecule has 0 bridgehead atoms. The molecule has 0 spiro atoms. The molecule has 3 saturated heterocycles. The third-order valence-corrected chi connectivity index (χ3v) is 5.87. The Morgan fingerprint density at radius 2 is 1.21 bits per heavy atom. The van der Waals surface area contributed by atoms with E-state index in [-0.39, 0.29) is 12.8 Å². The largest absolute Gasteiger partial charge is 0.390 e. The summed E-state index contributed by atoms with van der Waals surface area (Å²) in [6.45, 7) is 5.20. The van der Waals surface area contributed by atoms with E-state index in [1.54, 1.807) is 20.8 Å². The molecule has 0 saturated carbocycles. The van der Waals surface area contributed by atoms with Crippen LogP contribution in [0, 0.1) is 0 Å². The van der Waals surface area contributed by atoms with Crippen molar-refractivity contribution in [1.29, 1.82) is 0 Å². The molecule has 29 heavy (non-hydrogen) atoms. The van der Waals surface area contributed by atoms with Crippen LogP contribution < -0.4 is 0 Å². The average molecular weight is 422 g/mol. The van der Waals surface area contributed by atoms with E-state index >= 15 is 0 Å². The summed E-state index contributed by atoms with van der Waals surface area (Å²) in [6, 6.07) is 0. The molecule has 12 atom stereocenters. The fourth-order valence-corrected chi connectivity index (χ4v) is 4.22. The van der Waals surface area contributed by atoms with Crippen LogP contribution in [-0.2, 0) is 28.4 Å². The van der Waals surface area contributed by atoms with Crippen molar-refractivity contribution in [3.8, 4) is 0 Å². The number of hydrogen-bond donors (Lipinski definition) is 4. The van der Waals surface area contributed by atoms with Crippen molar-refractivity contribution in [2.75, 3.05) is 7.11 Å². The van der Waals surface area contributed by atoms with E-state index in [1.807, 2.05) is 0 Å². The van der Waals surface area contributed by atoms with Gasteiger partial charge in [0.15, 0.2) is 18.9 Å². The number of aliphatic hydroxyl groups is 4. The Balaban J connectivity index is 1.55. The van der Waals surface area contributed by atoms with Gasteiger partial charge in [-0.15, -0.1) is 0 Å². The molecule has 10 nitrogen and oxygen atoms in total. The van der Waals surface area contributed by atoms with E-state index in [9.17, 15) is 20.4 Å². The molecule has 0 aromatic rings. The third-order valence-electron chi connectivity index (χ3n) is 5.87. The van der Waals surface area contributed by atoms with Crippen molar-refractivity contribution < 1.29 is 48.8 Å². The highest BCUT2D eigenvalue weighted by molar-refractivity contribution is 4.87. The molecule has 3 aliphatic heterocycles. The van der Waals surface area contributed by atoms with Gasteiger partial charge in [0.1, 0.15) is 18.3 Å². The number of rotatable bonds is 5. The lowest BCUT2D eigenvalue weighted by molar-refractivity contribution is -0.332. The first kappa shape index (κ1) is 23.3. The van der Waals surface area contributed by atoms with Gasteiger partial charge in [-0.25, -0.2) is 0 Å². The van der Waals surface area contributed by atoms with Crippen LogP contribution >= 0.6 is 0 Å². The molecule has 170 valence electrons. The lowest BCUT2D eigenvalue weighted by Crippen LogP contribution is -2.56. The van der Waals surface area contributed by atoms with E-state index < -0.39 is 73.8 Å². The molecule has 3 heterocycles. The molecule has 10 heteroatoms. The van der Waals surface area contributed by atoms with Crippen LogP contribution in [0.3, 0.4) is 0 Å². The topological polar surface area (TPSA) is 136 Å². The van der Waals surface area contributed by atoms with E-state index in [4.69, 9.17) is 28.4 Å². The second-order valence-electron chi connectivity index (χ2n) is 8.15. The van der Waals surface area contributed by atoms with Crippen LogP contribution in [0.2, 0.25) is 0 Å². The van der Waals surface area contributed by atoms with E-state index in [2.05, 4.69) is 0 Å². The number of methoxy groups -OCH3 is 1. The minimum Gasteiger partial charge on any atom is -0.390 e. The molecule has 0 radical (unpaired) electrons. The smallest absolute Gasteiger partial charge is 0.161 e. The Morgan fingerprint density at radius 1 is 0.690 bits per heavy atom. The Morgan fingerprint density at radius 3 is 1.76 bits per heavy atom. The molecule has 3 rings (SSSR count). The lowest BCUT2D eigenvalue weighted by atomic mass is 9.99. The maximum atomic E-state index is 10.6. The summed E-state index contributed by atoms with van der Waals surface area (Å²) in [5.41, 5.74) is 0. The van der Waals surface area contributed by atoms with Gasteiger partial charge in [0.05, 0.1) is 36.6 Å². The molecule has 0 unspecified atom stereocenters. The van der Waals surface area contributed by atoms with Crippen LogP contribution in [0.5, 0.6) is 0 Å². The summed E-state index contributed by atoms with van der Waals surface area (Å²) < 4.78 is 34.0. The third kappa shape index (κ3) is 5.45. The zero-order valence-electron chi connectivity index (χ0n) is 17.3. The predicted octanol–water partition coefficient (Wildman–Crippen LogP) is -0.748. The minimum atomic E-state index is -1.03. The van der Waals surface area contributed by atoms with Gasteiger partial charge in [0.25, 0.3) is 0 Å². The first-order chi connectivity index (χ1) is 13.7. The van der Waals surface area contributed by atoms with Crippen molar-refractivity contribution in [2.45, 2.75) is 114 Å². The first-order valence-electron chi connectivity index (χ1n) is 10.2. The number of aliphatic hydroxyl groups excluding tert-OH is 4. The second kappa shape index (κ2) is 9.82. The fraction of sp³-hybridized carbons (Fsp3) is 1.00. The van der Waals surface area contributed by atoms with E-state index in [0.717, 1.165) is 0 Å². The summed E-state index contributed by atoms with van der Waals surface area (Å²) in [5, 5.41) is 40.4. The van der Waals surface area contributed by atoms with E-state index in [1.165, 1.54) is 7.11 Å². The molecular formula is C19H34O10. The highest BCUT2D eigenvalue weighted by atomic mass is 16.7. The summed E-state index contributed by atoms with van der Waals surface area (Å²) in [7, 11) is 1.52. The normalized spacial score (nSPS) is 51.7. The SMILES string of the molecule is CO[C@H]1C[C@H](O[C@H]2[C@@H](O)C[C@H](O[C@H]3[C@@H](O)C[C@H](O)O[C@@H]3C)O[C@@H]2C)O[C@H](C)[C@H]1O. The maximum Gasteiger partial charge on any atom is 0.161 e. The molecule has 3 aliphatic rings. The van der Waals surface area contributed by atoms with Gasteiger partial charge in [0, 0.05) is 26.4 Å². The highest BCUT2D eigenvalue weighted by Gasteiger charge is 2.44. The summed E-state index contributed by atoms with van der Waals surface area (Å²) in [4.78, 5) is 0. The number of ether oxygens (including phenoxy) is 6. The van der Waals surface area contributed by atoms with Crippen molar-refractivity contribution >= 4 is 0 Å². The van der Waals surface area contributed by atoms with Crippen LogP contribution in [-0.4, -0.2) is 101 Å². The first-order valence-corrected chi connectivity index (χ1v) is 10.2. The van der Waals surface area contributed by atoms with Crippen LogP contribution in [0.25, 0.3) is 0 Å². The quantitative estimate of drug-likeness (QED) is 0.448. The van der Waals surface area contributed by atoms with Gasteiger partial charge in [0.2, 0.25) is 0 Å². The van der Waals surface area contributed by atoms with Gasteiger partial charge in [-0.1, -0.05) is 0 Å². The molecule has 4 N–H and O–H groups in total. The Labute approximate surface area is 170 Å². The zero-order chi connectivity index (χ0) is 21.3. The molecular weight excluding hydrogens is 388 g/mol. The predicted molar refractivity (Wildman–Crippen MR) is 97.6 cm³/mol. The Kier molecular flexibility index (Phi) is 7.88. The van der Waals surface area contributed by atoms with Gasteiger partial charge >= 0.3 is 0 Å². The van der Waals surface area contributed by atoms with Crippen molar-refractivity contribution in [1.82, 2.24) is 0 Å². The molecule has 0 aliphatic carbocycles. The van der Waals surface area contributed by atoms with Crippen LogP contribution in [0.15, 0.2) is 0 Å². The standard InChI is InChI=1S/C19H34O10/c1-8-17(23)13(24-4)7-16(26-8)29-19-10(3)27-15(6-12(19)21)28-18-9(2)25-14(22)5-11(18)20/h8-23H,5-7H2,1-4H3/t8-,9-,10-,11+,12+,13+,14-,15+,16+,17-,18-,19-/m1/s1. The summed E-state index contributed by atoms with van der Waals surface area (Å²) in [5.74, 6) is 0. The Bertz CT molecular complexity index is 497. The van der Waals surface area contributed by atoms with E-state index in [0.29, 0.717) is 6.42 Å². The molecule has 0 aromatic heterocycles. The molecule has 0 amide bonds. The van der Waals surface area contributed by atoms with Crippen molar-refractivity contribution in [3.63, 3.8) is 0 Å². The van der Waals surface area contributed by atoms with Crippen molar-refractivity contribution in [2.24, 2.45) is 0 Å². The summed E-state index contributed by atoms with van der Waals surface area (Å²) in [6.07, 6.45) is -7.62. The molecule has 0 aromatic carbocycles. The highest BCUT2D eigenvalue weighted by Crippen LogP contribution is 2.31. The maximum absolute atomic E-state index is 10.6. The summed E-state index contributed by atoms with van der Waals surface area (Å²) >= 11 is 0. The zero-order valence-corrected chi connectivity index (χ0v) is 17.3. The average Bonchev–Trinajstić information content (AvgIpc) is 2.64. The van der Waals surface area contributed by atoms with Gasteiger partial charge < -0.3 is 48.8 Å². The van der Waals surface area contributed by atoms with Gasteiger partial charge in [-0.05, 0) is 20.8 Å². The lowest BCUT2D eigenvalue weighted by Gasteiger charge is -2.44. The minimum absolute atomic E-state index is 0.0509. The van der Waals surface area contributed by atoms with Crippen LogP contribution in [0.1, 0.15) is 40.0 Å². The molecule has 3 fully saturated rings. The second-order valence-corrected chi connectivity index (χ2v) is 8.15. The number of hydrogen-bond acceptors (Lipinski definition) is 10. The van der Waals surface area contributed by atoms with Gasteiger partial charge in [-0.3, -0.25) is 0 Å². The van der Waals surface area contributed by atoms with Crippen LogP contribution in [0.4, 0.5) is 0 Å². The monoisotopic (exact) mass is 422 g/mol.